The van der Waals surface area contributed by atoms with Gasteiger partial charge < -0.3 is 10.5 Å². The molecule has 0 radical (unpaired) electrons. The Hall–Kier alpha value is -1.11. The van der Waals surface area contributed by atoms with Gasteiger partial charge in [0.15, 0.2) is 0 Å². The lowest BCUT2D eigenvalue weighted by Crippen LogP contribution is -2.41. The van der Waals surface area contributed by atoms with Crippen LogP contribution in [-0.4, -0.2) is 27.2 Å². The average Bonchev–Trinajstić information content (AvgIpc) is 2.80. The lowest BCUT2D eigenvalue weighted by molar-refractivity contribution is 0.0902. The van der Waals surface area contributed by atoms with E-state index in [0.717, 1.165) is 12.8 Å². The Kier molecular flexibility index (Phi) is 4.44. The molecule has 1 aliphatic heterocycles. The van der Waals surface area contributed by atoms with Crippen LogP contribution in [0.4, 0.5) is 5.69 Å². The number of benzene rings is 1. The standard InChI is InChI=1S/C13H20N2O3S/c1-10(13-6-3-7-18-13)15-19(16,17)9-11-4-2-5-12(14)8-11/h2,4-5,8,10,13,15H,3,6-7,9,14H2,1H3. The summed E-state index contributed by atoms with van der Waals surface area (Å²) < 4.78 is 32.3. The van der Waals surface area contributed by atoms with Crippen molar-refractivity contribution < 1.29 is 13.2 Å². The molecule has 1 aliphatic rings. The minimum Gasteiger partial charge on any atom is -0.399 e. The van der Waals surface area contributed by atoms with Crippen LogP contribution in [0.25, 0.3) is 0 Å². The molecule has 2 atom stereocenters. The summed E-state index contributed by atoms with van der Waals surface area (Å²) in [5.41, 5.74) is 6.90. The molecule has 0 amide bonds. The van der Waals surface area contributed by atoms with Gasteiger partial charge in [0.2, 0.25) is 10.0 Å². The number of anilines is 1. The molecule has 0 aliphatic carbocycles. The van der Waals surface area contributed by atoms with Gasteiger partial charge in [-0.3, -0.25) is 0 Å². The molecule has 19 heavy (non-hydrogen) atoms. The number of hydrogen-bond donors (Lipinski definition) is 2. The van der Waals surface area contributed by atoms with Crippen molar-refractivity contribution in [2.24, 2.45) is 0 Å². The summed E-state index contributed by atoms with van der Waals surface area (Å²) in [4.78, 5) is 0. The van der Waals surface area contributed by atoms with Gasteiger partial charge in [-0.05, 0) is 37.5 Å². The molecular formula is C13H20N2O3S. The first-order valence-electron chi connectivity index (χ1n) is 6.42. The third-order valence-electron chi connectivity index (χ3n) is 3.20. The lowest BCUT2D eigenvalue weighted by atomic mass is 10.1. The Labute approximate surface area is 114 Å². The zero-order valence-corrected chi connectivity index (χ0v) is 11.8. The summed E-state index contributed by atoms with van der Waals surface area (Å²) in [6.45, 7) is 2.55. The highest BCUT2D eigenvalue weighted by Crippen LogP contribution is 2.17. The molecule has 1 heterocycles. The minimum atomic E-state index is -3.37. The summed E-state index contributed by atoms with van der Waals surface area (Å²) in [5.74, 6) is -0.0604. The molecule has 106 valence electrons. The van der Waals surface area contributed by atoms with E-state index in [4.69, 9.17) is 10.5 Å². The van der Waals surface area contributed by atoms with Crippen molar-refractivity contribution in [3.05, 3.63) is 29.8 Å². The van der Waals surface area contributed by atoms with Crippen LogP contribution in [0, 0.1) is 0 Å². The van der Waals surface area contributed by atoms with E-state index in [0.29, 0.717) is 17.9 Å². The number of sulfonamides is 1. The van der Waals surface area contributed by atoms with Gasteiger partial charge in [0.1, 0.15) is 0 Å². The molecule has 1 fully saturated rings. The average molecular weight is 284 g/mol. The number of nitrogen functional groups attached to an aromatic ring is 1. The maximum atomic E-state index is 12.1. The normalized spacial score (nSPS) is 21.4. The topological polar surface area (TPSA) is 81.4 Å². The van der Waals surface area contributed by atoms with Crippen molar-refractivity contribution in [1.82, 2.24) is 4.72 Å². The quantitative estimate of drug-likeness (QED) is 0.797. The van der Waals surface area contributed by atoms with Gasteiger partial charge in [0, 0.05) is 18.3 Å². The SMILES string of the molecule is CC(NS(=O)(=O)Cc1cccc(N)c1)C1CCCO1. The van der Waals surface area contributed by atoms with Crippen molar-refractivity contribution in [2.45, 2.75) is 37.7 Å². The van der Waals surface area contributed by atoms with Crippen LogP contribution in [0.1, 0.15) is 25.3 Å². The number of ether oxygens (including phenoxy) is 1. The number of nitrogens with two attached hydrogens (primary N) is 1. The highest BCUT2D eigenvalue weighted by molar-refractivity contribution is 7.88. The van der Waals surface area contributed by atoms with Gasteiger partial charge in [-0.15, -0.1) is 0 Å². The molecule has 6 heteroatoms. The van der Waals surface area contributed by atoms with E-state index in [1.807, 2.05) is 6.92 Å². The third kappa shape index (κ3) is 4.19. The van der Waals surface area contributed by atoms with Gasteiger partial charge >= 0.3 is 0 Å². The molecule has 2 unspecified atom stereocenters. The van der Waals surface area contributed by atoms with E-state index in [9.17, 15) is 8.42 Å². The molecular weight excluding hydrogens is 264 g/mol. The van der Waals surface area contributed by atoms with Gasteiger partial charge in [0.05, 0.1) is 11.9 Å². The molecule has 0 spiro atoms. The molecule has 3 N–H and O–H groups in total. The maximum absolute atomic E-state index is 12.1. The van der Waals surface area contributed by atoms with Crippen LogP contribution >= 0.6 is 0 Å². The molecule has 0 bridgehead atoms. The zero-order chi connectivity index (χ0) is 13.9. The molecule has 5 nitrogen and oxygen atoms in total. The van der Waals surface area contributed by atoms with E-state index in [-0.39, 0.29) is 17.9 Å². The monoisotopic (exact) mass is 284 g/mol. The first-order valence-corrected chi connectivity index (χ1v) is 8.07. The molecule has 0 saturated carbocycles. The van der Waals surface area contributed by atoms with Crippen LogP contribution in [0.3, 0.4) is 0 Å². The van der Waals surface area contributed by atoms with Crippen molar-refractivity contribution in [1.29, 1.82) is 0 Å². The molecule has 2 rings (SSSR count). The molecule has 1 aromatic rings. The fraction of sp³-hybridized carbons (Fsp3) is 0.538. The molecule has 1 saturated heterocycles. The van der Waals surface area contributed by atoms with Gasteiger partial charge in [-0.2, -0.15) is 0 Å². The fourth-order valence-corrected chi connectivity index (χ4v) is 3.72. The van der Waals surface area contributed by atoms with Crippen LogP contribution in [-0.2, 0) is 20.5 Å². The van der Waals surface area contributed by atoms with E-state index < -0.39 is 10.0 Å². The van der Waals surface area contributed by atoms with E-state index in [1.54, 1.807) is 24.3 Å². The first kappa shape index (κ1) is 14.3. The second-order valence-electron chi connectivity index (χ2n) is 4.96. The number of hydrogen-bond acceptors (Lipinski definition) is 4. The van der Waals surface area contributed by atoms with E-state index in [2.05, 4.69) is 4.72 Å². The van der Waals surface area contributed by atoms with Crippen LogP contribution < -0.4 is 10.5 Å². The summed E-state index contributed by atoms with van der Waals surface area (Å²) in [6.07, 6.45) is 1.88. The second kappa shape index (κ2) is 5.90. The predicted octanol–water partition coefficient (Wildman–Crippen LogP) is 1.26. The van der Waals surface area contributed by atoms with Crippen molar-refractivity contribution in [3.8, 4) is 0 Å². The highest BCUT2D eigenvalue weighted by atomic mass is 32.2. The minimum absolute atomic E-state index is 0.0179. The molecule has 0 aromatic heterocycles. The van der Waals surface area contributed by atoms with Gasteiger partial charge in [-0.1, -0.05) is 12.1 Å². The zero-order valence-electron chi connectivity index (χ0n) is 11.0. The summed E-state index contributed by atoms with van der Waals surface area (Å²) in [7, 11) is -3.37. The summed E-state index contributed by atoms with van der Waals surface area (Å²) in [5, 5.41) is 0. The first-order chi connectivity index (χ1) is 8.96. The van der Waals surface area contributed by atoms with Crippen molar-refractivity contribution in [3.63, 3.8) is 0 Å². The summed E-state index contributed by atoms with van der Waals surface area (Å²) >= 11 is 0. The van der Waals surface area contributed by atoms with Crippen LogP contribution in [0.5, 0.6) is 0 Å². The fourth-order valence-electron chi connectivity index (χ4n) is 2.30. The van der Waals surface area contributed by atoms with Crippen molar-refractivity contribution >= 4 is 15.7 Å². The Morgan fingerprint density at radius 1 is 1.53 bits per heavy atom. The largest absolute Gasteiger partial charge is 0.399 e. The van der Waals surface area contributed by atoms with E-state index in [1.165, 1.54) is 0 Å². The summed E-state index contributed by atoms with van der Waals surface area (Å²) in [6, 6.07) is 6.72. The Bertz CT molecular complexity index is 524. The lowest BCUT2D eigenvalue weighted by Gasteiger charge is -2.20. The maximum Gasteiger partial charge on any atom is 0.216 e. The number of rotatable bonds is 5. The predicted molar refractivity (Wildman–Crippen MR) is 75.0 cm³/mol. The Balaban J connectivity index is 1.98. The second-order valence-corrected chi connectivity index (χ2v) is 6.72. The van der Waals surface area contributed by atoms with Crippen LogP contribution in [0.15, 0.2) is 24.3 Å². The molecule has 1 aromatic carbocycles. The highest BCUT2D eigenvalue weighted by Gasteiger charge is 2.26. The van der Waals surface area contributed by atoms with Crippen LogP contribution in [0.2, 0.25) is 0 Å². The van der Waals surface area contributed by atoms with Gasteiger partial charge in [0.25, 0.3) is 0 Å². The Morgan fingerprint density at radius 3 is 2.95 bits per heavy atom. The van der Waals surface area contributed by atoms with E-state index >= 15 is 0 Å². The third-order valence-corrected chi connectivity index (χ3v) is 4.64. The Morgan fingerprint density at radius 2 is 2.32 bits per heavy atom. The number of nitrogens with one attached hydrogen (secondary N) is 1. The van der Waals surface area contributed by atoms with Crippen molar-refractivity contribution in [2.75, 3.05) is 12.3 Å². The van der Waals surface area contributed by atoms with Gasteiger partial charge in [-0.25, -0.2) is 13.1 Å². The smallest absolute Gasteiger partial charge is 0.216 e.